The van der Waals surface area contributed by atoms with Crippen LogP contribution in [-0.2, 0) is 0 Å². The minimum absolute atomic E-state index is 0.972. The first kappa shape index (κ1) is 6.09. The molecule has 1 aliphatic heterocycles. The first-order valence-corrected chi connectivity index (χ1v) is 3.66. The lowest BCUT2D eigenvalue weighted by atomic mass is 9.96. The normalized spacial score (nSPS) is 38.2. The van der Waals surface area contributed by atoms with Crippen LogP contribution in [0.1, 0.15) is 20.3 Å². The van der Waals surface area contributed by atoms with Crippen LogP contribution in [0.25, 0.3) is 0 Å². The molecule has 0 aromatic rings. The summed E-state index contributed by atoms with van der Waals surface area (Å²) in [5.74, 6) is 1.98. The molecule has 0 amide bonds. The molecule has 0 aromatic heterocycles. The molecule has 0 saturated carbocycles. The van der Waals surface area contributed by atoms with Crippen LogP contribution in [0.15, 0.2) is 0 Å². The average Bonchev–Trinajstić information content (AvgIpc) is 2.14. The van der Waals surface area contributed by atoms with E-state index in [4.69, 9.17) is 0 Å². The first-order chi connectivity index (χ1) is 3.84. The van der Waals surface area contributed by atoms with Crippen LogP contribution >= 0.6 is 0 Å². The van der Waals surface area contributed by atoms with Gasteiger partial charge >= 0.3 is 0 Å². The third-order valence-corrected chi connectivity index (χ3v) is 2.34. The maximum Gasteiger partial charge on any atom is 0.0788 e. The maximum atomic E-state index is 2.43. The third-order valence-electron chi connectivity index (χ3n) is 2.34. The van der Waals surface area contributed by atoms with Crippen LogP contribution in [0.3, 0.4) is 0 Å². The Morgan fingerprint density at radius 2 is 2.25 bits per heavy atom. The molecule has 2 atom stereocenters. The van der Waals surface area contributed by atoms with E-state index < -0.39 is 0 Å². The molecule has 2 unspecified atom stereocenters. The van der Waals surface area contributed by atoms with E-state index in [0.717, 1.165) is 11.8 Å². The van der Waals surface area contributed by atoms with Crippen LogP contribution in [-0.4, -0.2) is 13.1 Å². The predicted molar refractivity (Wildman–Crippen MR) is 34.6 cm³/mol. The second-order valence-electron chi connectivity index (χ2n) is 2.91. The Morgan fingerprint density at radius 3 is 2.50 bits per heavy atom. The highest BCUT2D eigenvalue weighted by atomic mass is 14.9. The Hall–Kier alpha value is -0.0400. The van der Waals surface area contributed by atoms with Gasteiger partial charge < -0.3 is 5.32 Å². The number of quaternary nitrogens is 1. The Labute approximate surface area is 51.5 Å². The second kappa shape index (κ2) is 2.49. The monoisotopic (exact) mass is 114 g/mol. The molecule has 0 aliphatic carbocycles. The van der Waals surface area contributed by atoms with Crippen molar-refractivity contribution < 1.29 is 5.32 Å². The number of rotatable bonds is 1. The van der Waals surface area contributed by atoms with Crippen LogP contribution in [0, 0.1) is 11.8 Å². The minimum atomic E-state index is 0.972. The van der Waals surface area contributed by atoms with Crippen molar-refractivity contribution in [2.75, 3.05) is 13.1 Å². The van der Waals surface area contributed by atoms with E-state index in [1.54, 1.807) is 0 Å². The molecule has 0 radical (unpaired) electrons. The molecular formula is C7H16N+. The van der Waals surface area contributed by atoms with Gasteiger partial charge in [0.2, 0.25) is 0 Å². The highest BCUT2D eigenvalue weighted by Crippen LogP contribution is 2.14. The van der Waals surface area contributed by atoms with E-state index in [9.17, 15) is 0 Å². The number of hydrogen-bond donors (Lipinski definition) is 1. The summed E-state index contributed by atoms with van der Waals surface area (Å²) >= 11 is 0. The van der Waals surface area contributed by atoms with Gasteiger partial charge in [0.05, 0.1) is 13.1 Å². The van der Waals surface area contributed by atoms with Gasteiger partial charge in [0, 0.05) is 11.8 Å². The molecular weight excluding hydrogens is 98.1 g/mol. The molecule has 1 aliphatic rings. The zero-order chi connectivity index (χ0) is 5.98. The zero-order valence-corrected chi connectivity index (χ0v) is 5.85. The summed E-state index contributed by atoms with van der Waals surface area (Å²) in [6, 6.07) is 0. The van der Waals surface area contributed by atoms with Gasteiger partial charge in [-0.15, -0.1) is 0 Å². The Bertz CT molecular complexity index is 70.8. The highest BCUT2D eigenvalue weighted by molar-refractivity contribution is 4.65. The standard InChI is InChI=1S/C7H15N/c1-3-7-5-8-4-6(7)2/h6-8H,3-5H2,1-2H3/p+1. The molecule has 1 rings (SSSR count). The largest absolute Gasteiger partial charge is 0.346 e. The summed E-state index contributed by atoms with van der Waals surface area (Å²) in [5.41, 5.74) is 0. The summed E-state index contributed by atoms with van der Waals surface area (Å²) < 4.78 is 0. The van der Waals surface area contributed by atoms with Gasteiger partial charge in [0.1, 0.15) is 0 Å². The first-order valence-electron chi connectivity index (χ1n) is 3.66. The smallest absolute Gasteiger partial charge is 0.0788 e. The Morgan fingerprint density at radius 1 is 1.50 bits per heavy atom. The van der Waals surface area contributed by atoms with Crippen LogP contribution in [0.2, 0.25) is 0 Å². The van der Waals surface area contributed by atoms with E-state index in [-0.39, 0.29) is 0 Å². The predicted octanol–water partition coefficient (Wildman–Crippen LogP) is 0.226. The molecule has 8 heavy (non-hydrogen) atoms. The zero-order valence-electron chi connectivity index (χ0n) is 5.85. The van der Waals surface area contributed by atoms with E-state index in [1.807, 2.05) is 0 Å². The average molecular weight is 114 g/mol. The SMILES string of the molecule is CCC1C[NH2+]CC1C. The highest BCUT2D eigenvalue weighted by Gasteiger charge is 2.24. The van der Waals surface area contributed by atoms with Gasteiger partial charge in [0.25, 0.3) is 0 Å². The third kappa shape index (κ3) is 1.03. The lowest BCUT2D eigenvalue weighted by Gasteiger charge is -2.05. The summed E-state index contributed by atoms with van der Waals surface area (Å²) in [5, 5.41) is 2.43. The number of nitrogens with two attached hydrogens (primary N) is 1. The van der Waals surface area contributed by atoms with Crippen molar-refractivity contribution >= 4 is 0 Å². The fourth-order valence-corrected chi connectivity index (χ4v) is 1.57. The summed E-state index contributed by atoms with van der Waals surface area (Å²) in [6.45, 7) is 7.38. The molecule has 0 bridgehead atoms. The molecule has 0 aromatic carbocycles. The Kier molecular flexibility index (Phi) is 1.90. The molecule has 48 valence electrons. The minimum Gasteiger partial charge on any atom is -0.346 e. The summed E-state index contributed by atoms with van der Waals surface area (Å²) in [7, 11) is 0. The molecule has 1 saturated heterocycles. The van der Waals surface area contributed by atoms with Crippen molar-refractivity contribution in [1.29, 1.82) is 0 Å². The van der Waals surface area contributed by atoms with Crippen molar-refractivity contribution in [3.05, 3.63) is 0 Å². The molecule has 1 heteroatoms. The van der Waals surface area contributed by atoms with Crippen molar-refractivity contribution in [3.63, 3.8) is 0 Å². The lowest BCUT2D eigenvalue weighted by Crippen LogP contribution is -2.81. The topological polar surface area (TPSA) is 16.6 Å². The van der Waals surface area contributed by atoms with E-state index in [2.05, 4.69) is 19.2 Å². The number of hydrogen-bond acceptors (Lipinski definition) is 0. The van der Waals surface area contributed by atoms with Crippen LogP contribution in [0.5, 0.6) is 0 Å². The van der Waals surface area contributed by atoms with E-state index in [1.165, 1.54) is 19.5 Å². The fraction of sp³-hybridized carbons (Fsp3) is 1.00. The van der Waals surface area contributed by atoms with Gasteiger partial charge in [-0.1, -0.05) is 13.8 Å². The van der Waals surface area contributed by atoms with Gasteiger partial charge in [-0.05, 0) is 6.42 Å². The fourth-order valence-electron chi connectivity index (χ4n) is 1.57. The molecule has 1 heterocycles. The van der Waals surface area contributed by atoms with Crippen molar-refractivity contribution in [2.24, 2.45) is 11.8 Å². The Balaban J connectivity index is 2.30. The molecule has 1 nitrogen and oxygen atoms in total. The summed E-state index contributed by atoms with van der Waals surface area (Å²) in [4.78, 5) is 0. The van der Waals surface area contributed by atoms with Gasteiger partial charge in [0.15, 0.2) is 0 Å². The second-order valence-corrected chi connectivity index (χ2v) is 2.91. The van der Waals surface area contributed by atoms with Gasteiger partial charge in [-0.2, -0.15) is 0 Å². The quantitative estimate of drug-likeness (QED) is 0.502. The summed E-state index contributed by atoms with van der Waals surface area (Å²) in [6.07, 6.45) is 1.37. The van der Waals surface area contributed by atoms with Gasteiger partial charge in [-0.25, -0.2) is 0 Å². The van der Waals surface area contributed by atoms with Crippen molar-refractivity contribution in [3.8, 4) is 0 Å². The van der Waals surface area contributed by atoms with Crippen molar-refractivity contribution in [2.45, 2.75) is 20.3 Å². The molecule has 0 spiro atoms. The van der Waals surface area contributed by atoms with E-state index >= 15 is 0 Å². The van der Waals surface area contributed by atoms with Crippen molar-refractivity contribution in [1.82, 2.24) is 0 Å². The van der Waals surface area contributed by atoms with E-state index in [0.29, 0.717) is 0 Å². The molecule has 2 N–H and O–H groups in total. The van der Waals surface area contributed by atoms with Crippen LogP contribution < -0.4 is 5.32 Å². The maximum absolute atomic E-state index is 2.43. The lowest BCUT2D eigenvalue weighted by molar-refractivity contribution is -0.640. The molecule has 1 fully saturated rings. The van der Waals surface area contributed by atoms with Crippen LogP contribution in [0.4, 0.5) is 0 Å². The van der Waals surface area contributed by atoms with Gasteiger partial charge in [-0.3, -0.25) is 0 Å².